The fourth-order valence-electron chi connectivity index (χ4n) is 3.94. The first kappa shape index (κ1) is 24.2. The zero-order valence-corrected chi connectivity index (χ0v) is 19.6. The van der Waals surface area contributed by atoms with Gasteiger partial charge in [-0.1, -0.05) is 6.92 Å². The Morgan fingerprint density at radius 1 is 1.12 bits per heavy atom. The first-order chi connectivity index (χ1) is 16.3. The minimum absolute atomic E-state index is 0.0744. The van der Waals surface area contributed by atoms with Gasteiger partial charge in [0, 0.05) is 44.2 Å². The summed E-state index contributed by atoms with van der Waals surface area (Å²) >= 11 is 0. The minimum Gasteiger partial charge on any atom is -0.379 e. The average Bonchev–Trinajstić information content (AvgIpc) is 3.17. The molecule has 0 saturated carbocycles. The van der Waals surface area contributed by atoms with Crippen LogP contribution in [0, 0.1) is 11.6 Å². The Kier molecular flexibility index (Phi) is 7.24. The van der Waals surface area contributed by atoms with Crippen molar-refractivity contribution < 1.29 is 26.7 Å². The number of halogens is 2. The number of aromatic nitrogens is 2. The normalized spacial score (nSPS) is 15.0. The smallest absolute Gasteiger partial charge is 0.243 e. The van der Waals surface area contributed by atoms with Crippen LogP contribution in [0.4, 0.5) is 14.5 Å². The van der Waals surface area contributed by atoms with E-state index in [2.05, 4.69) is 10.3 Å². The standard InChI is InChI=1S/C23H26F2N4O4S/c1-2-9-29-21-6-4-17(34(31,32)28-10-12-33-13-11-28)15-20(21)27-22(29)7-8-23(30)26-16-3-5-18(24)19(25)14-16/h3-6,14-15H,2,7-13H2,1H3,(H,26,30). The summed E-state index contributed by atoms with van der Waals surface area (Å²) < 4.78 is 61.1. The number of nitrogens with zero attached hydrogens (tertiary/aromatic N) is 3. The number of amides is 1. The third-order valence-corrected chi connectivity index (χ3v) is 7.53. The number of benzene rings is 2. The maximum Gasteiger partial charge on any atom is 0.243 e. The van der Waals surface area contributed by atoms with Crippen LogP contribution >= 0.6 is 0 Å². The lowest BCUT2D eigenvalue weighted by molar-refractivity contribution is -0.116. The van der Waals surface area contributed by atoms with Crippen LogP contribution in [0.2, 0.25) is 0 Å². The van der Waals surface area contributed by atoms with Gasteiger partial charge in [-0.25, -0.2) is 22.2 Å². The van der Waals surface area contributed by atoms with Gasteiger partial charge in [-0.05, 0) is 36.8 Å². The molecule has 11 heteroatoms. The lowest BCUT2D eigenvalue weighted by Gasteiger charge is -2.26. The maximum absolute atomic E-state index is 13.4. The van der Waals surface area contributed by atoms with Crippen molar-refractivity contribution in [1.29, 1.82) is 0 Å². The van der Waals surface area contributed by atoms with Crippen LogP contribution in [0.25, 0.3) is 11.0 Å². The number of hydrogen-bond donors (Lipinski definition) is 1. The van der Waals surface area contributed by atoms with E-state index < -0.39 is 21.7 Å². The molecule has 1 aliphatic rings. The van der Waals surface area contributed by atoms with E-state index in [1.54, 1.807) is 18.2 Å². The molecule has 0 atom stereocenters. The predicted molar refractivity (Wildman–Crippen MR) is 123 cm³/mol. The number of rotatable bonds is 8. The SMILES string of the molecule is CCCn1c(CCC(=O)Nc2ccc(F)c(F)c2)nc2cc(S(=O)(=O)N3CCOCC3)ccc21. The molecule has 1 saturated heterocycles. The van der Waals surface area contributed by atoms with Gasteiger partial charge in [-0.3, -0.25) is 4.79 Å². The molecule has 1 aromatic heterocycles. The van der Waals surface area contributed by atoms with Crippen molar-refractivity contribution >= 4 is 32.7 Å². The monoisotopic (exact) mass is 492 g/mol. The number of carbonyl (C=O) groups is 1. The molecule has 2 heterocycles. The molecule has 3 aromatic rings. The fraction of sp³-hybridized carbons (Fsp3) is 0.391. The van der Waals surface area contributed by atoms with E-state index >= 15 is 0 Å². The number of ether oxygens (including phenoxy) is 1. The second-order valence-electron chi connectivity index (χ2n) is 8.02. The molecule has 4 rings (SSSR count). The third kappa shape index (κ3) is 5.11. The summed E-state index contributed by atoms with van der Waals surface area (Å²) in [4.78, 5) is 17.2. The van der Waals surface area contributed by atoms with E-state index in [4.69, 9.17) is 4.74 Å². The molecule has 0 spiro atoms. The third-order valence-electron chi connectivity index (χ3n) is 5.63. The van der Waals surface area contributed by atoms with Crippen LogP contribution in [0.3, 0.4) is 0 Å². The van der Waals surface area contributed by atoms with E-state index in [-0.39, 0.29) is 22.9 Å². The van der Waals surface area contributed by atoms with Crippen LogP contribution in [0.1, 0.15) is 25.6 Å². The van der Waals surface area contributed by atoms with Crippen LogP contribution in [0.15, 0.2) is 41.3 Å². The van der Waals surface area contributed by atoms with Gasteiger partial charge in [-0.15, -0.1) is 0 Å². The van der Waals surface area contributed by atoms with Gasteiger partial charge in [0.1, 0.15) is 5.82 Å². The van der Waals surface area contributed by atoms with Gasteiger partial charge in [0.25, 0.3) is 0 Å². The van der Waals surface area contributed by atoms with Crippen molar-refractivity contribution in [3.05, 3.63) is 53.9 Å². The second kappa shape index (κ2) is 10.2. The maximum atomic E-state index is 13.4. The summed E-state index contributed by atoms with van der Waals surface area (Å²) in [7, 11) is -3.65. The lowest BCUT2D eigenvalue weighted by Crippen LogP contribution is -2.40. The molecule has 8 nitrogen and oxygen atoms in total. The quantitative estimate of drug-likeness (QED) is 0.521. The number of anilines is 1. The van der Waals surface area contributed by atoms with Crippen molar-refractivity contribution in [3.63, 3.8) is 0 Å². The first-order valence-electron chi connectivity index (χ1n) is 11.1. The molecule has 1 fully saturated rings. The van der Waals surface area contributed by atoms with Crippen LogP contribution in [-0.2, 0) is 32.5 Å². The second-order valence-corrected chi connectivity index (χ2v) is 9.96. The Balaban J connectivity index is 1.54. The predicted octanol–water partition coefficient (Wildman–Crippen LogP) is 3.32. The number of morpholine rings is 1. The summed E-state index contributed by atoms with van der Waals surface area (Å²) in [6, 6.07) is 8.07. The molecule has 0 radical (unpaired) electrons. The number of sulfonamides is 1. The number of carbonyl (C=O) groups excluding carboxylic acids is 1. The van der Waals surface area contributed by atoms with Gasteiger partial charge < -0.3 is 14.6 Å². The van der Waals surface area contributed by atoms with E-state index in [1.165, 1.54) is 10.4 Å². The van der Waals surface area contributed by atoms with Crippen LogP contribution < -0.4 is 5.32 Å². The van der Waals surface area contributed by atoms with Gasteiger partial charge in [0.2, 0.25) is 15.9 Å². The zero-order valence-electron chi connectivity index (χ0n) is 18.8. The number of aryl methyl sites for hydroxylation is 2. The van der Waals surface area contributed by atoms with E-state index in [9.17, 15) is 22.0 Å². The Hall–Kier alpha value is -2.89. The summed E-state index contributed by atoms with van der Waals surface area (Å²) in [6.45, 7) is 4.02. The Bertz CT molecular complexity index is 1300. The van der Waals surface area contributed by atoms with Crippen molar-refractivity contribution in [1.82, 2.24) is 13.9 Å². The molecule has 0 bridgehead atoms. The average molecular weight is 493 g/mol. The Morgan fingerprint density at radius 2 is 1.88 bits per heavy atom. The van der Waals surface area contributed by atoms with Gasteiger partial charge in [0.15, 0.2) is 11.6 Å². The summed E-state index contributed by atoms with van der Waals surface area (Å²) in [6.07, 6.45) is 1.20. The van der Waals surface area contributed by atoms with Crippen molar-refractivity contribution in [2.75, 3.05) is 31.6 Å². The molecule has 0 unspecified atom stereocenters. The molecule has 1 N–H and O–H groups in total. The number of hydrogen-bond acceptors (Lipinski definition) is 5. The zero-order chi connectivity index (χ0) is 24.3. The van der Waals surface area contributed by atoms with Crippen LogP contribution in [0.5, 0.6) is 0 Å². The molecular weight excluding hydrogens is 466 g/mol. The van der Waals surface area contributed by atoms with E-state index in [0.29, 0.717) is 50.6 Å². The molecule has 34 heavy (non-hydrogen) atoms. The highest BCUT2D eigenvalue weighted by atomic mass is 32.2. The molecular formula is C23H26F2N4O4S. The van der Waals surface area contributed by atoms with Crippen LogP contribution in [-0.4, -0.2) is 54.5 Å². The topological polar surface area (TPSA) is 93.5 Å². The van der Waals surface area contributed by atoms with E-state index in [1.807, 2.05) is 11.5 Å². The van der Waals surface area contributed by atoms with Crippen molar-refractivity contribution in [2.24, 2.45) is 0 Å². The Morgan fingerprint density at radius 3 is 2.59 bits per heavy atom. The highest BCUT2D eigenvalue weighted by molar-refractivity contribution is 7.89. The van der Waals surface area contributed by atoms with E-state index in [0.717, 1.165) is 24.1 Å². The van der Waals surface area contributed by atoms with Gasteiger partial charge in [0.05, 0.1) is 29.1 Å². The Labute approximate surface area is 196 Å². The largest absolute Gasteiger partial charge is 0.379 e. The van der Waals surface area contributed by atoms with Gasteiger partial charge in [-0.2, -0.15) is 4.31 Å². The van der Waals surface area contributed by atoms with Crippen molar-refractivity contribution in [3.8, 4) is 0 Å². The molecule has 182 valence electrons. The first-order valence-corrected chi connectivity index (χ1v) is 12.6. The summed E-state index contributed by atoms with van der Waals surface area (Å²) in [5, 5.41) is 2.55. The number of nitrogens with one attached hydrogen (secondary N) is 1. The molecule has 0 aliphatic carbocycles. The summed E-state index contributed by atoms with van der Waals surface area (Å²) in [5.74, 6) is -1.73. The highest BCUT2D eigenvalue weighted by Gasteiger charge is 2.27. The minimum atomic E-state index is -3.65. The summed E-state index contributed by atoms with van der Waals surface area (Å²) in [5.41, 5.74) is 1.50. The molecule has 1 aliphatic heterocycles. The lowest BCUT2D eigenvalue weighted by atomic mass is 10.2. The molecule has 2 aromatic carbocycles. The highest BCUT2D eigenvalue weighted by Crippen LogP contribution is 2.24. The molecule has 1 amide bonds. The fourth-order valence-corrected chi connectivity index (χ4v) is 5.37. The van der Waals surface area contributed by atoms with Crippen molar-refractivity contribution in [2.45, 2.75) is 37.6 Å². The number of fused-ring (bicyclic) bond motifs is 1. The number of imidazole rings is 1. The van der Waals surface area contributed by atoms with Gasteiger partial charge >= 0.3 is 0 Å².